The van der Waals surface area contributed by atoms with Crippen LogP contribution in [0.1, 0.15) is 32.3 Å². The second-order valence-corrected chi connectivity index (χ2v) is 5.66. The van der Waals surface area contributed by atoms with E-state index >= 15 is 0 Å². The van der Waals surface area contributed by atoms with Crippen LogP contribution in [0.2, 0.25) is 0 Å². The van der Waals surface area contributed by atoms with Gasteiger partial charge in [0.15, 0.2) is 0 Å². The van der Waals surface area contributed by atoms with Gasteiger partial charge in [0, 0.05) is 19.8 Å². The Morgan fingerprint density at radius 3 is 2.72 bits per heavy atom. The number of nitrogens with zero attached hydrogens (tertiary/aromatic N) is 2. The Morgan fingerprint density at radius 1 is 1.39 bits per heavy atom. The minimum Gasteiger partial charge on any atom is -0.373 e. The van der Waals surface area contributed by atoms with Crippen molar-refractivity contribution in [3.8, 4) is 0 Å². The van der Waals surface area contributed by atoms with Crippen LogP contribution in [0.3, 0.4) is 0 Å². The molecule has 0 radical (unpaired) electrons. The van der Waals surface area contributed by atoms with Crippen molar-refractivity contribution in [1.82, 2.24) is 9.88 Å². The Hall–Kier alpha value is -1.09. The molecule has 1 aromatic rings. The van der Waals surface area contributed by atoms with Crippen molar-refractivity contribution in [2.45, 2.75) is 33.2 Å². The number of aromatic nitrogens is 1. The fourth-order valence-corrected chi connectivity index (χ4v) is 2.75. The molecule has 0 aromatic carbocycles. The molecular weight excluding hydrogens is 222 g/mol. The quantitative estimate of drug-likeness (QED) is 0.886. The molecule has 2 rings (SSSR count). The highest BCUT2D eigenvalue weighted by Gasteiger charge is 2.21. The van der Waals surface area contributed by atoms with E-state index in [1.165, 1.54) is 31.5 Å². The van der Waals surface area contributed by atoms with Gasteiger partial charge in [0.1, 0.15) is 5.82 Å². The Morgan fingerprint density at radius 2 is 2.11 bits per heavy atom. The molecule has 1 aliphatic heterocycles. The van der Waals surface area contributed by atoms with Gasteiger partial charge in [-0.1, -0.05) is 13.8 Å². The van der Waals surface area contributed by atoms with Crippen LogP contribution in [0.15, 0.2) is 18.3 Å². The van der Waals surface area contributed by atoms with Gasteiger partial charge in [-0.3, -0.25) is 4.90 Å². The number of nitrogens with one attached hydrogen (secondary N) is 1. The molecule has 1 N–H and O–H groups in total. The Labute approximate surface area is 111 Å². The Balaban J connectivity index is 1.87. The van der Waals surface area contributed by atoms with Crippen molar-refractivity contribution >= 4 is 5.82 Å². The average molecular weight is 247 g/mol. The summed E-state index contributed by atoms with van der Waals surface area (Å²) in [4.78, 5) is 6.82. The minimum absolute atomic E-state index is 0.837. The van der Waals surface area contributed by atoms with Crippen molar-refractivity contribution in [2.75, 3.05) is 25.5 Å². The van der Waals surface area contributed by atoms with Crippen LogP contribution < -0.4 is 5.32 Å². The molecule has 1 aliphatic rings. The molecule has 3 nitrogen and oxygen atoms in total. The average Bonchev–Trinajstić information content (AvgIpc) is 2.39. The standard InChI is InChI=1S/C15H25N3/c1-12(2)14-5-8-18(9-6-14)11-13-4-7-17-15(10-13)16-3/h4,7,10,12,14H,5-6,8-9,11H2,1-3H3,(H,16,17). The molecule has 0 saturated carbocycles. The Kier molecular flexibility index (Phi) is 4.59. The maximum absolute atomic E-state index is 4.26. The summed E-state index contributed by atoms with van der Waals surface area (Å²) < 4.78 is 0. The first-order valence-electron chi connectivity index (χ1n) is 7.04. The second kappa shape index (κ2) is 6.19. The van der Waals surface area contributed by atoms with E-state index in [4.69, 9.17) is 0 Å². The second-order valence-electron chi connectivity index (χ2n) is 5.66. The third-order valence-electron chi connectivity index (χ3n) is 4.06. The lowest BCUT2D eigenvalue weighted by molar-refractivity contribution is 0.152. The lowest BCUT2D eigenvalue weighted by Crippen LogP contribution is -2.34. The van der Waals surface area contributed by atoms with Gasteiger partial charge in [-0.25, -0.2) is 4.98 Å². The van der Waals surface area contributed by atoms with Gasteiger partial charge < -0.3 is 5.32 Å². The van der Waals surface area contributed by atoms with Crippen LogP contribution in [0.25, 0.3) is 0 Å². The predicted octanol–water partition coefficient (Wildman–Crippen LogP) is 2.99. The molecule has 1 saturated heterocycles. The van der Waals surface area contributed by atoms with E-state index < -0.39 is 0 Å². The number of likely N-dealkylation sites (tertiary alicyclic amines) is 1. The maximum atomic E-state index is 4.26. The smallest absolute Gasteiger partial charge is 0.125 e. The zero-order valence-electron chi connectivity index (χ0n) is 11.8. The fraction of sp³-hybridized carbons (Fsp3) is 0.667. The lowest BCUT2D eigenvalue weighted by Gasteiger charge is -2.33. The zero-order valence-corrected chi connectivity index (χ0v) is 11.8. The Bertz CT molecular complexity index is 368. The minimum atomic E-state index is 0.837. The third-order valence-corrected chi connectivity index (χ3v) is 4.06. The number of anilines is 1. The molecular formula is C15H25N3. The van der Waals surface area contributed by atoms with E-state index in [-0.39, 0.29) is 0 Å². The molecule has 100 valence electrons. The molecule has 3 heteroatoms. The van der Waals surface area contributed by atoms with E-state index in [2.05, 4.69) is 41.2 Å². The van der Waals surface area contributed by atoms with Gasteiger partial charge >= 0.3 is 0 Å². The fourth-order valence-electron chi connectivity index (χ4n) is 2.75. The number of pyridine rings is 1. The number of hydrogen-bond acceptors (Lipinski definition) is 3. The highest BCUT2D eigenvalue weighted by atomic mass is 15.1. The van der Waals surface area contributed by atoms with Gasteiger partial charge in [-0.05, 0) is 55.5 Å². The summed E-state index contributed by atoms with van der Waals surface area (Å²) in [7, 11) is 1.92. The molecule has 0 bridgehead atoms. The van der Waals surface area contributed by atoms with Gasteiger partial charge in [-0.15, -0.1) is 0 Å². The van der Waals surface area contributed by atoms with Gasteiger partial charge in [-0.2, -0.15) is 0 Å². The van der Waals surface area contributed by atoms with Crippen molar-refractivity contribution in [1.29, 1.82) is 0 Å². The van der Waals surface area contributed by atoms with Crippen LogP contribution in [0.5, 0.6) is 0 Å². The summed E-state index contributed by atoms with van der Waals surface area (Å²) >= 11 is 0. The maximum Gasteiger partial charge on any atom is 0.125 e. The van der Waals surface area contributed by atoms with E-state index in [9.17, 15) is 0 Å². The molecule has 0 spiro atoms. The molecule has 1 fully saturated rings. The largest absolute Gasteiger partial charge is 0.373 e. The highest BCUT2D eigenvalue weighted by Crippen LogP contribution is 2.25. The lowest BCUT2D eigenvalue weighted by atomic mass is 9.86. The molecule has 0 aliphatic carbocycles. The SMILES string of the molecule is CNc1cc(CN2CCC(C(C)C)CC2)ccn1. The first-order chi connectivity index (χ1) is 8.69. The zero-order chi connectivity index (χ0) is 13.0. The molecule has 2 heterocycles. The molecule has 18 heavy (non-hydrogen) atoms. The van der Waals surface area contributed by atoms with Crippen LogP contribution in [0, 0.1) is 11.8 Å². The number of hydrogen-bond donors (Lipinski definition) is 1. The van der Waals surface area contributed by atoms with E-state index in [0.29, 0.717) is 0 Å². The summed E-state index contributed by atoms with van der Waals surface area (Å²) in [6.45, 7) is 8.23. The summed E-state index contributed by atoms with van der Waals surface area (Å²) in [5.41, 5.74) is 1.36. The van der Waals surface area contributed by atoms with E-state index in [0.717, 1.165) is 24.2 Å². The van der Waals surface area contributed by atoms with Crippen LogP contribution >= 0.6 is 0 Å². The van der Waals surface area contributed by atoms with Crippen molar-refractivity contribution in [3.05, 3.63) is 23.9 Å². The topological polar surface area (TPSA) is 28.2 Å². The number of piperidine rings is 1. The predicted molar refractivity (Wildman–Crippen MR) is 76.6 cm³/mol. The van der Waals surface area contributed by atoms with Crippen LogP contribution in [0.4, 0.5) is 5.82 Å². The first-order valence-corrected chi connectivity index (χ1v) is 7.04. The molecule has 0 amide bonds. The van der Waals surface area contributed by atoms with Crippen molar-refractivity contribution < 1.29 is 0 Å². The van der Waals surface area contributed by atoms with Crippen LogP contribution in [-0.2, 0) is 6.54 Å². The van der Waals surface area contributed by atoms with Gasteiger partial charge in [0.2, 0.25) is 0 Å². The van der Waals surface area contributed by atoms with Crippen molar-refractivity contribution in [2.24, 2.45) is 11.8 Å². The summed E-state index contributed by atoms with van der Waals surface area (Å²) in [5, 5.41) is 3.10. The van der Waals surface area contributed by atoms with Crippen LogP contribution in [-0.4, -0.2) is 30.0 Å². The summed E-state index contributed by atoms with van der Waals surface area (Å²) in [6.07, 6.45) is 4.59. The van der Waals surface area contributed by atoms with E-state index in [1.807, 2.05) is 13.2 Å². The van der Waals surface area contributed by atoms with Gasteiger partial charge in [0.05, 0.1) is 0 Å². The third kappa shape index (κ3) is 3.45. The number of rotatable bonds is 4. The van der Waals surface area contributed by atoms with Gasteiger partial charge in [0.25, 0.3) is 0 Å². The summed E-state index contributed by atoms with van der Waals surface area (Å²) in [6, 6.07) is 4.27. The molecule has 1 aromatic heterocycles. The molecule has 0 unspecified atom stereocenters. The highest BCUT2D eigenvalue weighted by molar-refractivity contribution is 5.36. The molecule has 0 atom stereocenters. The monoisotopic (exact) mass is 247 g/mol. The van der Waals surface area contributed by atoms with E-state index in [1.54, 1.807) is 0 Å². The first kappa shape index (κ1) is 13.3. The normalized spacial score (nSPS) is 18.2. The van der Waals surface area contributed by atoms with Crippen molar-refractivity contribution in [3.63, 3.8) is 0 Å². The summed E-state index contributed by atoms with van der Waals surface area (Å²) in [5.74, 6) is 2.72.